The summed E-state index contributed by atoms with van der Waals surface area (Å²) in [5, 5.41) is 20.5. The minimum Gasteiger partial charge on any atom is -0.465 e. The van der Waals surface area contributed by atoms with Crippen molar-refractivity contribution >= 4 is 35.2 Å². The molecule has 8 heteroatoms. The van der Waals surface area contributed by atoms with Gasteiger partial charge in [0.05, 0.1) is 21.7 Å². The van der Waals surface area contributed by atoms with E-state index in [1.165, 1.54) is 11.9 Å². The number of amides is 2. The van der Waals surface area contributed by atoms with Gasteiger partial charge in [-0.25, -0.2) is 4.79 Å². The molecule has 0 spiro atoms. The van der Waals surface area contributed by atoms with Crippen molar-refractivity contribution in [1.82, 2.24) is 9.80 Å². The molecule has 1 aliphatic carbocycles. The fourth-order valence-corrected chi connectivity index (χ4v) is 4.62. The molecule has 0 bridgehead atoms. The second-order valence-electron chi connectivity index (χ2n) is 8.26. The standard InChI is InChI=1S/C20H26Cl2N2O4/c1-20(28)7-5-12(6-8-20)18(25)24-10-14(17(11-24)23(2)19(26)27)13-3-4-15(21)16(22)9-13/h3-4,9,12,14,17,28H,5-8,10-11H2,1-2H3,(H,26,27)/t12-,14-,17+,20-/m1/s1. The first kappa shape index (κ1) is 21.2. The molecule has 1 saturated heterocycles. The van der Waals surface area contributed by atoms with E-state index in [9.17, 15) is 19.8 Å². The number of nitrogens with zero attached hydrogens (tertiary/aromatic N) is 2. The van der Waals surface area contributed by atoms with Crippen LogP contribution in [0.5, 0.6) is 0 Å². The summed E-state index contributed by atoms with van der Waals surface area (Å²) in [6.07, 6.45) is 1.48. The number of carboxylic acid groups (broad SMARTS) is 1. The molecule has 1 aromatic carbocycles. The third-order valence-corrected chi connectivity index (χ3v) is 6.92. The van der Waals surface area contributed by atoms with Crippen LogP contribution in [0.15, 0.2) is 18.2 Å². The van der Waals surface area contributed by atoms with Crippen LogP contribution in [0.25, 0.3) is 0 Å². The van der Waals surface area contributed by atoms with E-state index in [0.717, 1.165) is 5.56 Å². The van der Waals surface area contributed by atoms with Gasteiger partial charge < -0.3 is 20.0 Å². The molecule has 2 amide bonds. The lowest BCUT2D eigenvalue weighted by atomic mass is 9.79. The Morgan fingerprint density at radius 3 is 2.39 bits per heavy atom. The molecule has 28 heavy (non-hydrogen) atoms. The smallest absolute Gasteiger partial charge is 0.407 e. The maximum atomic E-state index is 13.1. The van der Waals surface area contributed by atoms with Gasteiger partial charge in [0.15, 0.2) is 0 Å². The predicted octanol–water partition coefficient (Wildman–Crippen LogP) is 3.84. The molecule has 0 aromatic heterocycles. The zero-order valence-corrected chi connectivity index (χ0v) is 17.6. The van der Waals surface area contributed by atoms with Crippen molar-refractivity contribution in [3.05, 3.63) is 33.8 Å². The molecule has 2 aliphatic rings. The molecular formula is C20H26Cl2N2O4. The number of carbonyl (C=O) groups is 2. The number of benzene rings is 1. The van der Waals surface area contributed by atoms with Crippen molar-refractivity contribution in [2.45, 2.75) is 50.2 Å². The number of halogens is 2. The average molecular weight is 429 g/mol. The van der Waals surface area contributed by atoms with Gasteiger partial charge in [-0.1, -0.05) is 29.3 Å². The van der Waals surface area contributed by atoms with E-state index >= 15 is 0 Å². The van der Waals surface area contributed by atoms with Gasteiger partial charge in [0.25, 0.3) is 0 Å². The van der Waals surface area contributed by atoms with E-state index < -0.39 is 11.7 Å². The lowest BCUT2D eigenvalue weighted by Crippen LogP contribution is -2.43. The maximum absolute atomic E-state index is 13.1. The third kappa shape index (κ3) is 4.39. The Hall–Kier alpha value is -1.50. The Morgan fingerprint density at radius 1 is 1.18 bits per heavy atom. The van der Waals surface area contributed by atoms with Crippen LogP contribution < -0.4 is 0 Å². The highest BCUT2D eigenvalue weighted by molar-refractivity contribution is 6.42. The molecule has 2 fully saturated rings. The Morgan fingerprint density at radius 2 is 1.82 bits per heavy atom. The quantitative estimate of drug-likeness (QED) is 0.765. The van der Waals surface area contributed by atoms with E-state index in [4.69, 9.17) is 23.2 Å². The Labute approximate surface area is 175 Å². The van der Waals surface area contributed by atoms with Gasteiger partial charge in [-0.15, -0.1) is 0 Å². The van der Waals surface area contributed by atoms with Crippen molar-refractivity contribution in [2.24, 2.45) is 5.92 Å². The fraction of sp³-hybridized carbons (Fsp3) is 0.600. The number of rotatable bonds is 3. The SMILES string of the molecule is CN(C(=O)O)[C@H]1CN(C(=O)[C@H]2CC[C@](C)(O)CC2)C[C@@H]1c1ccc(Cl)c(Cl)c1. The highest BCUT2D eigenvalue weighted by atomic mass is 35.5. The van der Waals surface area contributed by atoms with Crippen LogP contribution in [0, 0.1) is 5.92 Å². The van der Waals surface area contributed by atoms with Crippen molar-refractivity contribution in [3.63, 3.8) is 0 Å². The van der Waals surface area contributed by atoms with Gasteiger partial charge in [-0.2, -0.15) is 0 Å². The third-order valence-electron chi connectivity index (χ3n) is 6.18. The zero-order valence-electron chi connectivity index (χ0n) is 16.1. The lowest BCUT2D eigenvalue weighted by Gasteiger charge is -2.34. The van der Waals surface area contributed by atoms with Crippen LogP contribution in [-0.2, 0) is 4.79 Å². The first-order valence-electron chi connectivity index (χ1n) is 9.51. The topological polar surface area (TPSA) is 81.1 Å². The van der Waals surface area contributed by atoms with Crippen molar-refractivity contribution in [3.8, 4) is 0 Å². The maximum Gasteiger partial charge on any atom is 0.407 e. The summed E-state index contributed by atoms with van der Waals surface area (Å²) in [4.78, 5) is 27.7. The molecule has 6 nitrogen and oxygen atoms in total. The van der Waals surface area contributed by atoms with Crippen molar-refractivity contribution < 1.29 is 19.8 Å². The van der Waals surface area contributed by atoms with Crippen LogP contribution in [0.4, 0.5) is 4.79 Å². The first-order chi connectivity index (χ1) is 13.1. The van der Waals surface area contributed by atoms with Gasteiger partial charge in [0.2, 0.25) is 5.91 Å². The number of aliphatic hydroxyl groups is 1. The normalized spacial score (nSPS) is 30.3. The van der Waals surface area contributed by atoms with Crippen LogP contribution in [0.2, 0.25) is 10.0 Å². The minimum absolute atomic E-state index is 0.0434. The fourth-order valence-electron chi connectivity index (χ4n) is 4.32. The van der Waals surface area contributed by atoms with Crippen LogP contribution in [0.3, 0.4) is 0 Å². The second kappa shape index (κ2) is 8.09. The molecule has 3 rings (SSSR count). The summed E-state index contributed by atoms with van der Waals surface area (Å²) in [6, 6.07) is 4.94. The van der Waals surface area contributed by atoms with Crippen LogP contribution in [-0.4, -0.2) is 63.8 Å². The Balaban J connectivity index is 1.80. The Kier molecular flexibility index (Phi) is 6.13. The van der Waals surface area contributed by atoms with E-state index in [1.807, 2.05) is 13.0 Å². The zero-order chi connectivity index (χ0) is 20.6. The molecule has 154 valence electrons. The number of likely N-dealkylation sites (tertiary alicyclic amines) is 1. The van der Waals surface area contributed by atoms with Gasteiger partial charge in [-0.05, 0) is 50.3 Å². The van der Waals surface area contributed by atoms with E-state index in [1.54, 1.807) is 17.0 Å². The molecule has 2 atom stereocenters. The van der Waals surface area contributed by atoms with Gasteiger partial charge in [0.1, 0.15) is 0 Å². The number of carbonyl (C=O) groups excluding carboxylic acids is 1. The van der Waals surface area contributed by atoms with E-state index in [2.05, 4.69) is 0 Å². The first-order valence-corrected chi connectivity index (χ1v) is 10.3. The largest absolute Gasteiger partial charge is 0.465 e. The van der Waals surface area contributed by atoms with Crippen molar-refractivity contribution in [2.75, 3.05) is 20.1 Å². The van der Waals surface area contributed by atoms with E-state index in [-0.39, 0.29) is 23.8 Å². The number of hydrogen-bond acceptors (Lipinski definition) is 3. The number of likely N-dealkylation sites (N-methyl/N-ethyl adjacent to an activating group) is 1. The van der Waals surface area contributed by atoms with Gasteiger partial charge in [-0.3, -0.25) is 4.79 Å². The molecule has 1 aliphatic heterocycles. The lowest BCUT2D eigenvalue weighted by molar-refractivity contribution is -0.137. The molecule has 0 unspecified atom stereocenters. The summed E-state index contributed by atoms with van der Waals surface area (Å²) in [6.45, 7) is 2.59. The van der Waals surface area contributed by atoms with Gasteiger partial charge >= 0.3 is 6.09 Å². The molecule has 2 N–H and O–H groups in total. The molecule has 1 heterocycles. The second-order valence-corrected chi connectivity index (χ2v) is 9.07. The summed E-state index contributed by atoms with van der Waals surface area (Å²) >= 11 is 12.2. The molecule has 1 aromatic rings. The monoisotopic (exact) mass is 428 g/mol. The molecule has 0 radical (unpaired) electrons. The number of hydrogen-bond donors (Lipinski definition) is 2. The predicted molar refractivity (Wildman–Crippen MR) is 108 cm³/mol. The van der Waals surface area contributed by atoms with Gasteiger partial charge in [0, 0.05) is 32.0 Å². The highest BCUT2D eigenvalue weighted by Gasteiger charge is 2.43. The van der Waals surface area contributed by atoms with Crippen molar-refractivity contribution in [1.29, 1.82) is 0 Å². The average Bonchev–Trinajstić information content (AvgIpc) is 3.08. The van der Waals surface area contributed by atoms with E-state index in [0.29, 0.717) is 48.8 Å². The summed E-state index contributed by atoms with van der Waals surface area (Å²) in [5.74, 6) is -0.253. The minimum atomic E-state index is -1.03. The summed E-state index contributed by atoms with van der Waals surface area (Å²) in [7, 11) is 1.53. The van der Waals surface area contributed by atoms with Crippen LogP contribution in [0.1, 0.15) is 44.1 Å². The molecular weight excluding hydrogens is 403 g/mol. The summed E-state index contributed by atoms with van der Waals surface area (Å²) in [5.41, 5.74) is 0.172. The van der Waals surface area contributed by atoms with Crippen LogP contribution >= 0.6 is 23.2 Å². The summed E-state index contributed by atoms with van der Waals surface area (Å²) < 4.78 is 0. The highest BCUT2D eigenvalue weighted by Crippen LogP contribution is 2.37. The Bertz CT molecular complexity index is 761. The molecule has 1 saturated carbocycles.